The van der Waals surface area contributed by atoms with E-state index in [0.717, 1.165) is 22.7 Å². The Balaban J connectivity index is 1.49. The average molecular weight is 396 g/mol. The molecule has 0 bridgehead atoms. The summed E-state index contributed by atoms with van der Waals surface area (Å²) in [5, 5.41) is 3.28. The predicted molar refractivity (Wildman–Crippen MR) is 113 cm³/mol. The fraction of sp³-hybridized carbons (Fsp3) is 0.391. The molecule has 1 aliphatic heterocycles. The van der Waals surface area contributed by atoms with Gasteiger partial charge in [0.05, 0.1) is 31.0 Å². The third-order valence-corrected chi connectivity index (χ3v) is 4.79. The van der Waals surface area contributed by atoms with Gasteiger partial charge in [-0.15, -0.1) is 0 Å². The fourth-order valence-electron chi connectivity index (χ4n) is 3.37. The lowest BCUT2D eigenvalue weighted by atomic mass is 9.98. The number of nitrogens with one attached hydrogen (secondary N) is 1. The molecule has 2 aromatic rings. The molecule has 0 spiro atoms. The van der Waals surface area contributed by atoms with Gasteiger partial charge in [0, 0.05) is 6.54 Å². The number of carbonyl (C=O) groups is 2. The van der Waals surface area contributed by atoms with E-state index in [1.807, 2.05) is 69.3 Å². The number of carbonyl (C=O) groups excluding carboxylic acids is 2. The Bertz CT molecular complexity index is 861. The smallest absolute Gasteiger partial charge is 0.310 e. The Morgan fingerprint density at radius 2 is 1.83 bits per heavy atom. The van der Waals surface area contributed by atoms with Crippen LogP contribution in [0, 0.1) is 0 Å². The van der Waals surface area contributed by atoms with Gasteiger partial charge in [-0.05, 0) is 57.0 Å². The van der Waals surface area contributed by atoms with Gasteiger partial charge in [-0.25, -0.2) is 0 Å². The molecule has 1 N–H and O–H groups in total. The summed E-state index contributed by atoms with van der Waals surface area (Å²) in [6.07, 6.45) is 0.792. The molecular weight excluding hydrogens is 368 g/mol. The van der Waals surface area contributed by atoms with Crippen molar-refractivity contribution in [2.75, 3.05) is 30.0 Å². The summed E-state index contributed by atoms with van der Waals surface area (Å²) in [7, 11) is 0. The second-order valence-electron chi connectivity index (χ2n) is 7.55. The van der Waals surface area contributed by atoms with Crippen LogP contribution in [0.15, 0.2) is 48.5 Å². The number of ether oxygens (including phenoxy) is 2. The van der Waals surface area contributed by atoms with Gasteiger partial charge in [0.15, 0.2) is 0 Å². The molecule has 0 aromatic heterocycles. The maximum absolute atomic E-state index is 12.8. The average Bonchev–Trinajstić information content (AvgIpc) is 2.69. The van der Waals surface area contributed by atoms with Crippen LogP contribution in [0.1, 0.15) is 32.8 Å². The first-order valence-electron chi connectivity index (χ1n) is 9.97. The summed E-state index contributed by atoms with van der Waals surface area (Å²) in [4.78, 5) is 26.7. The van der Waals surface area contributed by atoms with Gasteiger partial charge in [-0.3, -0.25) is 9.59 Å². The Hall–Kier alpha value is -3.02. The van der Waals surface area contributed by atoms with Crippen LogP contribution >= 0.6 is 0 Å². The number of fused-ring (bicyclic) bond motifs is 1. The van der Waals surface area contributed by atoms with Gasteiger partial charge in [-0.2, -0.15) is 0 Å². The molecule has 0 saturated heterocycles. The number of esters is 1. The van der Waals surface area contributed by atoms with Crippen LogP contribution < -0.4 is 15.0 Å². The Morgan fingerprint density at radius 1 is 1.10 bits per heavy atom. The summed E-state index contributed by atoms with van der Waals surface area (Å²) in [5.74, 6) is 0.520. The van der Waals surface area contributed by atoms with Crippen LogP contribution in [0.3, 0.4) is 0 Å². The van der Waals surface area contributed by atoms with Crippen molar-refractivity contribution in [2.45, 2.75) is 39.2 Å². The van der Waals surface area contributed by atoms with E-state index >= 15 is 0 Å². The maximum atomic E-state index is 12.8. The first-order chi connectivity index (χ1) is 13.9. The summed E-state index contributed by atoms with van der Waals surface area (Å²) in [6.45, 7) is 7.05. The first-order valence-corrected chi connectivity index (χ1v) is 9.97. The van der Waals surface area contributed by atoms with Crippen LogP contribution in [0.2, 0.25) is 0 Å². The van der Waals surface area contributed by atoms with E-state index < -0.39 is 5.54 Å². The van der Waals surface area contributed by atoms with E-state index in [1.165, 1.54) is 0 Å². The minimum Gasteiger partial charge on any atom is -0.494 e. The predicted octanol–water partition coefficient (Wildman–Crippen LogP) is 3.80. The van der Waals surface area contributed by atoms with Crippen LogP contribution in [0.4, 0.5) is 11.4 Å². The topological polar surface area (TPSA) is 67.9 Å². The molecule has 154 valence electrons. The molecule has 0 aliphatic carbocycles. The number of benzene rings is 2. The maximum Gasteiger partial charge on any atom is 0.310 e. The Labute approximate surface area is 171 Å². The minimum absolute atomic E-state index is 0.0110. The highest BCUT2D eigenvalue weighted by atomic mass is 16.5. The van der Waals surface area contributed by atoms with E-state index in [9.17, 15) is 9.59 Å². The van der Waals surface area contributed by atoms with Crippen molar-refractivity contribution in [3.05, 3.63) is 54.1 Å². The minimum atomic E-state index is -0.668. The highest BCUT2D eigenvalue weighted by molar-refractivity contribution is 6.07. The van der Waals surface area contributed by atoms with Crippen molar-refractivity contribution in [1.82, 2.24) is 0 Å². The van der Waals surface area contributed by atoms with Crippen molar-refractivity contribution in [3.63, 3.8) is 0 Å². The molecule has 1 amide bonds. The quantitative estimate of drug-likeness (QED) is 0.543. The van der Waals surface area contributed by atoms with E-state index in [4.69, 9.17) is 9.47 Å². The largest absolute Gasteiger partial charge is 0.494 e. The molecule has 29 heavy (non-hydrogen) atoms. The lowest BCUT2D eigenvalue weighted by molar-refractivity contribution is -0.142. The van der Waals surface area contributed by atoms with Gasteiger partial charge >= 0.3 is 5.97 Å². The molecule has 0 unspecified atom stereocenters. The number of hydrogen-bond acceptors (Lipinski definition) is 5. The van der Waals surface area contributed by atoms with E-state index in [-0.39, 0.29) is 24.9 Å². The number of hydrogen-bond donors (Lipinski definition) is 1. The zero-order valence-electron chi connectivity index (χ0n) is 17.2. The molecule has 1 heterocycles. The van der Waals surface area contributed by atoms with Gasteiger partial charge in [-0.1, -0.05) is 24.3 Å². The number of anilines is 2. The Morgan fingerprint density at radius 3 is 2.55 bits per heavy atom. The van der Waals surface area contributed by atoms with Gasteiger partial charge < -0.3 is 19.7 Å². The summed E-state index contributed by atoms with van der Waals surface area (Å²) in [6, 6.07) is 15.2. The summed E-state index contributed by atoms with van der Waals surface area (Å²) < 4.78 is 10.8. The van der Waals surface area contributed by atoms with Crippen LogP contribution in [-0.2, 0) is 20.7 Å². The molecule has 3 rings (SSSR count). The molecule has 0 radical (unpaired) electrons. The number of nitrogens with zero attached hydrogens (tertiary/aromatic N) is 1. The standard InChI is InChI=1S/C23H28N2O4/c1-4-28-18-12-10-17(11-13-18)16-21(26)29-15-7-14-25-20-9-6-5-8-19(20)24-23(2,3)22(25)27/h5-6,8-13,24H,4,7,14-16H2,1-3H3. The molecule has 0 fully saturated rings. The van der Waals surface area contributed by atoms with Crippen molar-refractivity contribution < 1.29 is 19.1 Å². The fourth-order valence-corrected chi connectivity index (χ4v) is 3.37. The third kappa shape index (κ3) is 5.08. The normalized spacial score (nSPS) is 14.7. The SMILES string of the molecule is CCOc1ccc(CC(=O)OCCCN2C(=O)C(C)(C)Nc3ccccc32)cc1. The lowest BCUT2D eigenvalue weighted by Crippen LogP contribution is -2.54. The molecular formula is C23H28N2O4. The van der Waals surface area contributed by atoms with Gasteiger partial charge in [0.2, 0.25) is 0 Å². The van der Waals surface area contributed by atoms with Crippen molar-refractivity contribution in [1.29, 1.82) is 0 Å². The van der Waals surface area contributed by atoms with Crippen LogP contribution in [-0.4, -0.2) is 37.2 Å². The molecule has 0 atom stereocenters. The van der Waals surface area contributed by atoms with Crippen molar-refractivity contribution >= 4 is 23.3 Å². The second-order valence-corrected chi connectivity index (χ2v) is 7.55. The summed E-state index contributed by atoms with van der Waals surface area (Å²) in [5.41, 5.74) is 2.01. The van der Waals surface area contributed by atoms with E-state index in [2.05, 4.69) is 5.32 Å². The van der Waals surface area contributed by atoms with Gasteiger partial charge in [0.25, 0.3) is 5.91 Å². The molecule has 6 nitrogen and oxygen atoms in total. The zero-order chi connectivity index (χ0) is 20.9. The van der Waals surface area contributed by atoms with Gasteiger partial charge in [0.1, 0.15) is 11.3 Å². The van der Waals surface area contributed by atoms with Crippen LogP contribution in [0.25, 0.3) is 0 Å². The Kier molecular flexibility index (Phi) is 6.42. The lowest BCUT2D eigenvalue weighted by Gasteiger charge is -2.40. The first kappa shape index (κ1) is 20.7. The second kappa shape index (κ2) is 8.99. The highest BCUT2D eigenvalue weighted by Gasteiger charge is 2.38. The van der Waals surface area contributed by atoms with E-state index in [0.29, 0.717) is 19.6 Å². The number of rotatable bonds is 8. The van der Waals surface area contributed by atoms with Crippen molar-refractivity contribution in [2.24, 2.45) is 0 Å². The van der Waals surface area contributed by atoms with E-state index in [1.54, 1.807) is 4.90 Å². The van der Waals surface area contributed by atoms with Crippen molar-refractivity contribution in [3.8, 4) is 5.75 Å². The number of para-hydroxylation sites is 2. The van der Waals surface area contributed by atoms with Crippen LogP contribution in [0.5, 0.6) is 5.75 Å². The zero-order valence-corrected chi connectivity index (χ0v) is 17.2. The monoisotopic (exact) mass is 396 g/mol. The molecule has 1 aliphatic rings. The number of amides is 1. The molecule has 0 saturated carbocycles. The molecule has 2 aromatic carbocycles. The highest BCUT2D eigenvalue weighted by Crippen LogP contribution is 2.34. The third-order valence-electron chi connectivity index (χ3n) is 4.79. The summed E-state index contributed by atoms with van der Waals surface area (Å²) >= 11 is 0. The molecule has 6 heteroatoms.